The molecule has 0 unspecified atom stereocenters. The van der Waals surface area contributed by atoms with E-state index in [1.165, 1.54) is 12.1 Å². The van der Waals surface area contributed by atoms with Gasteiger partial charge in [-0.25, -0.2) is 9.82 Å². The van der Waals surface area contributed by atoms with Gasteiger partial charge in [-0.2, -0.15) is 5.10 Å². The first kappa shape index (κ1) is 10.8. The first-order chi connectivity index (χ1) is 7.66. The normalized spacial score (nSPS) is 16.0. The maximum Gasteiger partial charge on any atom is 0.243 e. The Morgan fingerprint density at radius 1 is 1.38 bits per heavy atom. The van der Waals surface area contributed by atoms with Gasteiger partial charge in [0.1, 0.15) is 5.82 Å². The van der Waals surface area contributed by atoms with Gasteiger partial charge in [0, 0.05) is 5.92 Å². The number of hydrogen-bond donors (Lipinski definition) is 1. The average Bonchev–Trinajstić information content (AvgIpc) is 3.10. The first-order valence-corrected chi connectivity index (χ1v) is 5.27. The van der Waals surface area contributed by atoms with Crippen molar-refractivity contribution in [1.82, 2.24) is 5.43 Å². The zero-order valence-corrected chi connectivity index (χ0v) is 9.03. The second-order valence-electron chi connectivity index (χ2n) is 3.95. The van der Waals surface area contributed by atoms with E-state index in [-0.39, 0.29) is 17.6 Å². The summed E-state index contributed by atoms with van der Waals surface area (Å²) >= 11 is 0. The molecule has 1 aliphatic rings. The van der Waals surface area contributed by atoms with E-state index < -0.39 is 0 Å². The number of rotatable bonds is 3. The van der Waals surface area contributed by atoms with Gasteiger partial charge in [-0.3, -0.25) is 4.79 Å². The number of nitrogens with zero attached hydrogens (tertiary/aromatic N) is 1. The standard InChI is InChI=1S/C12H13FN2O/c1-8(9-4-6-11(13)7-5-9)14-15-12(16)10-2-3-10/h4-7,10H,2-3H2,1H3,(H,15,16)/b14-8+. The summed E-state index contributed by atoms with van der Waals surface area (Å²) < 4.78 is 12.7. The smallest absolute Gasteiger partial charge is 0.243 e. The van der Waals surface area contributed by atoms with Crippen LogP contribution in [0.2, 0.25) is 0 Å². The van der Waals surface area contributed by atoms with E-state index in [4.69, 9.17) is 0 Å². The topological polar surface area (TPSA) is 41.5 Å². The van der Waals surface area contributed by atoms with E-state index in [2.05, 4.69) is 10.5 Å². The predicted molar refractivity (Wildman–Crippen MR) is 59.5 cm³/mol. The number of amides is 1. The lowest BCUT2D eigenvalue weighted by Crippen LogP contribution is -2.20. The quantitative estimate of drug-likeness (QED) is 0.615. The van der Waals surface area contributed by atoms with Crippen molar-refractivity contribution < 1.29 is 9.18 Å². The fourth-order valence-corrected chi connectivity index (χ4v) is 1.33. The van der Waals surface area contributed by atoms with Crippen molar-refractivity contribution in [3.05, 3.63) is 35.6 Å². The SMILES string of the molecule is C/C(=N\NC(=O)C1CC1)c1ccc(F)cc1. The monoisotopic (exact) mass is 220 g/mol. The van der Waals surface area contributed by atoms with E-state index in [0.717, 1.165) is 18.4 Å². The Bertz CT molecular complexity index is 421. The molecular formula is C12H13FN2O. The zero-order chi connectivity index (χ0) is 11.5. The Hall–Kier alpha value is -1.71. The van der Waals surface area contributed by atoms with Crippen LogP contribution in [0.25, 0.3) is 0 Å². The van der Waals surface area contributed by atoms with Crippen LogP contribution in [0.3, 0.4) is 0 Å². The molecule has 1 aliphatic carbocycles. The Morgan fingerprint density at radius 2 is 2.00 bits per heavy atom. The predicted octanol–water partition coefficient (Wildman–Crippen LogP) is 2.08. The maximum absolute atomic E-state index is 12.7. The van der Waals surface area contributed by atoms with Crippen molar-refractivity contribution >= 4 is 11.6 Å². The number of carbonyl (C=O) groups excluding carboxylic acids is 1. The van der Waals surface area contributed by atoms with Crippen LogP contribution in [0.5, 0.6) is 0 Å². The summed E-state index contributed by atoms with van der Waals surface area (Å²) in [5.74, 6) is -0.162. The van der Waals surface area contributed by atoms with Crippen LogP contribution < -0.4 is 5.43 Å². The largest absolute Gasteiger partial charge is 0.273 e. The molecule has 1 fully saturated rings. The molecular weight excluding hydrogens is 207 g/mol. The van der Waals surface area contributed by atoms with Crippen LogP contribution in [0.15, 0.2) is 29.4 Å². The number of halogens is 1. The Labute approximate surface area is 93.4 Å². The summed E-state index contributed by atoms with van der Waals surface area (Å²) in [5, 5.41) is 3.98. The minimum atomic E-state index is -0.279. The fourth-order valence-electron chi connectivity index (χ4n) is 1.33. The van der Waals surface area contributed by atoms with Gasteiger partial charge in [-0.05, 0) is 37.5 Å². The lowest BCUT2D eigenvalue weighted by atomic mass is 10.1. The van der Waals surface area contributed by atoms with E-state index in [0.29, 0.717) is 5.71 Å². The molecule has 3 nitrogen and oxygen atoms in total. The summed E-state index contributed by atoms with van der Waals surface area (Å²) in [7, 11) is 0. The van der Waals surface area contributed by atoms with Crippen molar-refractivity contribution in [3.8, 4) is 0 Å². The van der Waals surface area contributed by atoms with E-state index in [1.807, 2.05) is 0 Å². The summed E-state index contributed by atoms with van der Waals surface area (Å²) in [6.45, 7) is 1.78. The first-order valence-electron chi connectivity index (χ1n) is 5.27. The van der Waals surface area contributed by atoms with Gasteiger partial charge in [0.15, 0.2) is 0 Å². The molecule has 16 heavy (non-hydrogen) atoms. The lowest BCUT2D eigenvalue weighted by Gasteiger charge is -2.01. The van der Waals surface area contributed by atoms with Gasteiger partial charge >= 0.3 is 0 Å². The molecule has 1 amide bonds. The molecule has 1 N–H and O–H groups in total. The molecule has 84 valence electrons. The van der Waals surface area contributed by atoms with Crippen LogP contribution in [-0.2, 0) is 4.79 Å². The second kappa shape index (κ2) is 4.43. The van der Waals surface area contributed by atoms with E-state index >= 15 is 0 Å². The Kier molecular flexibility index (Phi) is 2.99. The molecule has 0 aromatic heterocycles. The van der Waals surface area contributed by atoms with Crippen molar-refractivity contribution in [2.45, 2.75) is 19.8 Å². The molecule has 0 saturated heterocycles. The number of nitrogens with one attached hydrogen (secondary N) is 1. The van der Waals surface area contributed by atoms with Crippen LogP contribution in [-0.4, -0.2) is 11.6 Å². The van der Waals surface area contributed by atoms with Gasteiger partial charge < -0.3 is 0 Å². The van der Waals surface area contributed by atoms with Crippen LogP contribution in [0, 0.1) is 11.7 Å². The van der Waals surface area contributed by atoms with Gasteiger partial charge in [0.05, 0.1) is 5.71 Å². The molecule has 0 bridgehead atoms. The van der Waals surface area contributed by atoms with Gasteiger partial charge in [0.2, 0.25) is 5.91 Å². The minimum absolute atomic E-state index is 0.0264. The van der Waals surface area contributed by atoms with Crippen LogP contribution in [0.4, 0.5) is 4.39 Å². The Balaban J connectivity index is 2.00. The average molecular weight is 220 g/mol. The molecule has 1 saturated carbocycles. The number of carbonyl (C=O) groups is 1. The molecule has 0 aliphatic heterocycles. The van der Waals surface area contributed by atoms with Crippen molar-refractivity contribution in [1.29, 1.82) is 0 Å². The number of hydrazone groups is 1. The molecule has 1 aromatic carbocycles. The summed E-state index contributed by atoms with van der Waals surface area (Å²) in [4.78, 5) is 11.3. The molecule has 0 atom stereocenters. The molecule has 0 radical (unpaired) electrons. The third kappa shape index (κ3) is 2.66. The Morgan fingerprint density at radius 3 is 2.56 bits per heavy atom. The maximum atomic E-state index is 12.7. The van der Waals surface area contributed by atoms with Gasteiger partial charge in [-0.15, -0.1) is 0 Å². The lowest BCUT2D eigenvalue weighted by molar-refractivity contribution is -0.122. The molecule has 0 spiro atoms. The van der Waals surface area contributed by atoms with Gasteiger partial charge in [-0.1, -0.05) is 12.1 Å². The highest BCUT2D eigenvalue weighted by atomic mass is 19.1. The van der Waals surface area contributed by atoms with Crippen LogP contribution >= 0.6 is 0 Å². The van der Waals surface area contributed by atoms with E-state index in [9.17, 15) is 9.18 Å². The third-order valence-electron chi connectivity index (χ3n) is 2.54. The van der Waals surface area contributed by atoms with E-state index in [1.54, 1.807) is 19.1 Å². The second-order valence-corrected chi connectivity index (χ2v) is 3.95. The summed E-state index contributed by atoms with van der Waals surface area (Å²) in [6, 6.07) is 6.02. The van der Waals surface area contributed by atoms with Crippen LogP contribution in [0.1, 0.15) is 25.3 Å². The third-order valence-corrected chi connectivity index (χ3v) is 2.54. The highest BCUT2D eigenvalue weighted by molar-refractivity contribution is 5.99. The minimum Gasteiger partial charge on any atom is -0.273 e. The molecule has 1 aromatic rings. The fraction of sp³-hybridized carbons (Fsp3) is 0.333. The van der Waals surface area contributed by atoms with Gasteiger partial charge in [0.25, 0.3) is 0 Å². The highest BCUT2D eigenvalue weighted by Crippen LogP contribution is 2.28. The zero-order valence-electron chi connectivity index (χ0n) is 9.03. The summed E-state index contributed by atoms with van der Waals surface area (Å²) in [6.07, 6.45) is 1.91. The van der Waals surface area contributed by atoms with Crippen molar-refractivity contribution in [2.24, 2.45) is 11.0 Å². The highest BCUT2D eigenvalue weighted by Gasteiger charge is 2.29. The number of benzene rings is 1. The van der Waals surface area contributed by atoms with Crippen molar-refractivity contribution in [2.75, 3.05) is 0 Å². The number of hydrogen-bond acceptors (Lipinski definition) is 2. The summed E-state index contributed by atoms with van der Waals surface area (Å²) in [5.41, 5.74) is 3.99. The van der Waals surface area contributed by atoms with Crippen molar-refractivity contribution in [3.63, 3.8) is 0 Å². The molecule has 0 heterocycles. The molecule has 2 rings (SSSR count). The molecule has 4 heteroatoms.